The first-order valence-electron chi connectivity index (χ1n) is 9.82. The maximum atomic E-state index is 13.0. The molecule has 2 aromatic carbocycles. The van der Waals surface area contributed by atoms with Crippen molar-refractivity contribution in [3.63, 3.8) is 0 Å². The minimum Gasteiger partial charge on any atom is -0.497 e. The summed E-state index contributed by atoms with van der Waals surface area (Å²) in [4.78, 5) is 25.6. The number of fused-ring (bicyclic) bond motifs is 1. The summed E-state index contributed by atoms with van der Waals surface area (Å²) in [7, 11) is 1.58. The average Bonchev–Trinajstić information content (AvgIpc) is 2.71. The Bertz CT molecular complexity index is 830. The van der Waals surface area contributed by atoms with Crippen molar-refractivity contribution in [1.82, 2.24) is 10.6 Å². The number of hydrogen-bond acceptors (Lipinski definition) is 3. The lowest BCUT2D eigenvalue weighted by atomic mass is 9.87. The molecule has 0 radical (unpaired) electrons. The van der Waals surface area contributed by atoms with Gasteiger partial charge in [-0.3, -0.25) is 9.59 Å². The Balaban J connectivity index is 1.70. The molecular formula is C23H28N2O3. The van der Waals surface area contributed by atoms with Gasteiger partial charge in [-0.1, -0.05) is 38.1 Å². The van der Waals surface area contributed by atoms with Crippen LogP contribution in [0.4, 0.5) is 0 Å². The highest BCUT2D eigenvalue weighted by molar-refractivity contribution is 5.97. The number of methoxy groups -OCH3 is 1. The Hall–Kier alpha value is -2.82. The van der Waals surface area contributed by atoms with Crippen molar-refractivity contribution in [2.45, 2.75) is 45.2 Å². The Morgan fingerprint density at radius 1 is 1.07 bits per heavy atom. The van der Waals surface area contributed by atoms with Gasteiger partial charge in [0.05, 0.1) is 13.2 Å². The highest BCUT2D eigenvalue weighted by Crippen LogP contribution is 2.29. The second-order valence-corrected chi connectivity index (χ2v) is 7.58. The van der Waals surface area contributed by atoms with E-state index < -0.39 is 6.04 Å². The van der Waals surface area contributed by atoms with Gasteiger partial charge in [-0.05, 0) is 60.6 Å². The molecule has 0 bridgehead atoms. The van der Waals surface area contributed by atoms with Crippen LogP contribution in [0, 0.1) is 5.92 Å². The molecule has 0 aromatic heterocycles. The number of amides is 2. The lowest BCUT2D eigenvalue weighted by Crippen LogP contribution is -2.50. The van der Waals surface area contributed by atoms with E-state index in [-0.39, 0.29) is 23.8 Å². The fourth-order valence-corrected chi connectivity index (χ4v) is 3.67. The second-order valence-electron chi connectivity index (χ2n) is 7.58. The number of nitrogens with one attached hydrogen (secondary N) is 2. The molecule has 2 aromatic rings. The van der Waals surface area contributed by atoms with Crippen molar-refractivity contribution < 1.29 is 14.3 Å². The Kier molecular flexibility index (Phi) is 6.34. The van der Waals surface area contributed by atoms with Crippen LogP contribution in [-0.2, 0) is 11.2 Å². The van der Waals surface area contributed by atoms with E-state index in [1.54, 1.807) is 31.4 Å². The van der Waals surface area contributed by atoms with Crippen LogP contribution >= 0.6 is 0 Å². The molecule has 28 heavy (non-hydrogen) atoms. The molecular weight excluding hydrogens is 352 g/mol. The van der Waals surface area contributed by atoms with Crippen molar-refractivity contribution in [3.8, 4) is 5.75 Å². The highest BCUT2D eigenvalue weighted by atomic mass is 16.5. The number of carbonyl (C=O) groups is 2. The molecule has 0 spiro atoms. The van der Waals surface area contributed by atoms with Crippen LogP contribution in [-0.4, -0.2) is 25.0 Å². The molecule has 0 heterocycles. The van der Waals surface area contributed by atoms with Gasteiger partial charge in [-0.15, -0.1) is 0 Å². The van der Waals surface area contributed by atoms with Crippen molar-refractivity contribution >= 4 is 11.8 Å². The Morgan fingerprint density at radius 2 is 1.79 bits per heavy atom. The molecule has 2 N–H and O–H groups in total. The molecule has 5 nitrogen and oxygen atoms in total. The summed E-state index contributed by atoms with van der Waals surface area (Å²) in [6.07, 6.45) is 3.01. The number of ether oxygens (including phenoxy) is 1. The third kappa shape index (κ3) is 4.53. The van der Waals surface area contributed by atoms with Crippen molar-refractivity contribution in [2.24, 2.45) is 5.92 Å². The molecule has 5 heteroatoms. The molecule has 1 aliphatic carbocycles. The third-order valence-corrected chi connectivity index (χ3v) is 5.27. The standard InChI is InChI=1S/C23H28N2O3/c1-15(2)21(25-22(26)17-11-13-18(28-3)14-12-17)23(27)24-20-10-6-8-16-7-4-5-9-19(16)20/h4-5,7,9,11-15,20-21H,6,8,10H2,1-3H3,(H,24,27)(H,25,26)/t20-,21+/m1/s1. The van der Waals surface area contributed by atoms with E-state index in [1.165, 1.54) is 11.1 Å². The van der Waals surface area contributed by atoms with Crippen molar-refractivity contribution in [2.75, 3.05) is 7.11 Å². The largest absolute Gasteiger partial charge is 0.497 e. The Labute approximate surface area is 166 Å². The van der Waals surface area contributed by atoms with E-state index in [0.29, 0.717) is 11.3 Å². The van der Waals surface area contributed by atoms with Gasteiger partial charge >= 0.3 is 0 Å². The van der Waals surface area contributed by atoms with Crippen molar-refractivity contribution in [1.29, 1.82) is 0 Å². The fraction of sp³-hybridized carbons (Fsp3) is 0.391. The highest BCUT2D eigenvalue weighted by Gasteiger charge is 2.28. The van der Waals surface area contributed by atoms with E-state index in [2.05, 4.69) is 22.8 Å². The average molecular weight is 380 g/mol. The molecule has 3 rings (SSSR count). The van der Waals surface area contributed by atoms with Crippen molar-refractivity contribution in [3.05, 3.63) is 65.2 Å². The van der Waals surface area contributed by atoms with E-state index in [4.69, 9.17) is 4.74 Å². The molecule has 0 unspecified atom stereocenters. The number of aryl methyl sites for hydroxylation is 1. The van der Waals surface area contributed by atoms with Crippen LogP contribution in [0.3, 0.4) is 0 Å². The smallest absolute Gasteiger partial charge is 0.251 e. The van der Waals surface area contributed by atoms with Gasteiger partial charge in [0.2, 0.25) is 5.91 Å². The first-order valence-corrected chi connectivity index (χ1v) is 9.82. The lowest BCUT2D eigenvalue weighted by Gasteiger charge is -2.29. The normalized spacial score (nSPS) is 16.8. The maximum Gasteiger partial charge on any atom is 0.251 e. The number of hydrogen-bond donors (Lipinski definition) is 2. The van der Waals surface area contributed by atoms with Crippen LogP contribution in [0.25, 0.3) is 0 Å². The van der Waals surface area contributed by atoms with Crippen LogP contribution in [0.15, 0.2) is 48.5 Å². The van der Waals surface area contributed by atoms with Gasteiger partial charge in [0.1, 0.15) is 11.8 Å². The summed E-state index contributed by atoms with van der Waals surface area (Å²) < 4.78 is 5.12. The molecule has 2 atom stereocenters. The number of carbonyl (C=O) groups excluding carboxylic acids is 2. The molecule has 148 valence electrons. The SMILES string of the molecule is COc1ccc(C(=O)N[C@H](C(=O)N[C@@H]2CCCc3ccccc32)C(C)C)cc1. The minimum absolute atomic E-state index is 0.00316. The summed E-state index contributed by atoms with van der Waals surface area (Å²) in [6.45, 7) is 3.88. The molecule has 0 aliphatic heterocycles. The summed E-state index contributed by atoms with van der Waals surface area (Å²) in [6, 6.07) is 14.5. The van der Waals surface area contributed by atoms with Crippen LogP contribution in [0.2, 0.25) is 0 Å². The monoisotopic (exact) mass is 380 g/mol. The molecule has 0 saturated carbocycles. The second kappa shape index (κ2) is 8.91. The molecule has 0 fully saturated rings. The maximum absolute atomic E-state index is 13.0. The van der Waals surface area contributed by atoms with Gasteiger partial charge in [-0.2, -0.15) is 0 Å². The van der Waals surface area contributed by atoms with Crippen LogP contribution in [0.1, 0.15) is 54.2 Å². The number of benzene rings is 2. The van der Waals surface area contributed by atoms with Gasteiger partial charge in [-0.25, -0.2) is 0 Å². The quantitative estimate of drug-likeness (QED) is 0.804. The summed E-state index contributed by atoms with van der Waals surface area (Å²) in [5, 5.41) is 6.05. The minimum atomic E-state index is -0.594. The van der Waals surface area contributed by atoms with Gasteiger partial charge < -0.3 is 15.4 Å². The first kappa shape index (κ1) is 19.9. The third-order valence-electron chi connectivity index (χ3n) is 5.27. The number of rotatable bonds is 6. The van der Waals surface area contributed by atoms with Crippen LogP contribution in [0.5, 0.6) is 5.75 Å². The zero-order valence-corrected chi connectivity index (χ0v) is 16.7. The van der Waals surface area contributed by atoms with E-state index >= 15 is 0 Å². The summed E-state index contributed by atoms with van der Waals surface area (Å²) in [5.74, 6) is 0.255. The topological polar surface area (TPSA) is 67.4 Å². The van der Waals surface area contributed by atoms with E-state index in [9.17, 15) is 9.59 Å². The predicted octanol–water partition coefficient (Wildman–Crippen LogP) is 3.64. The first-order chi connectivity index (χ1) is 13.5. The Morgan fingerprint density at radius 3 is 2.46 bits per heavy atom. The summed E-state index contributed by atoms with van der Waals surface area (Å²) in [5.41, 5.74) is 2.98. The zero-order chi connectivity index (χ0) is 20.1. The van der Waals surface area contributed by atoms with Gasteiger partial charge in [0.15, 0.2) is 0 Å². The zero-order valence-electron chi connectivity index (χ0n) is 16.7. The van der Waals surface area contributed by atoms with Gasteiger partial charge in [0, 0.05) is 5.56 Å². The molecule has 2 amide bonds. The molecule has 0 saturated heterocycles. The predicted molar refractivity (Wildman–Crippen MR) is 109 cm³/mol. The van der Waals surface area contributed by atoms with E-state index in [1.807, 2.05) is 26.0 Å². The van der Waals surface area contributed by atoms with Gasteiger partial charge in [0.25, 0.3) is 5.91 Å². The van der Waals surface area contributed by atoms with E-state index in [0.717, 1.165) is 19.3 Å². The summed E-state index contributed by atoms with van der Waals surface area (Å²) >= 11 is 0. The fourth-order valence-electron chi connectivity index (χ4n) is 3.67. The molecule has 1 aliphatic rings. The lowest BCUT2D eigenvalue weighted by molar-refractivity contribution is -0.124. The van der Waals surface area contributed by atoms with Crippen LogP contribution < -0.4 is 15.4 Å².